The predicted octanol–water partition coefficient (Wildman–Crippen LogP) is 1.78. The Kier molecular flexibility index (Phi) is 2.12. The zero-order valence-electron chi connectivity index (χ0n) is 6.65. The summed E-state index contributed by atoms with van der Waals surface area (Å²) in [7, 11) is 0. The Morgan fingerprint density at radius 2 is 2.00 bits per heavy atom. The van der Waals surface area contributed by atoms with Crippen LogP contribution in [0.1, 0.15) is 33.6 Å². The molecule has 1 saturated heterocycles. The molecular formula is C8H17N. The Hall–Kier alpha value is -0.0400. The van der Waals surface area contributed by atoms with Crippen LogP contribution in [0.5, 0.6) is 0 Å². The lowest BCUT2D eigenvalue weighted by Gasteiger charge is -2.14. The van der Waals surface area contributed by atoms with E-state index in [4.69, 9.17) is 0 Å². The Morgan fingerprint density at radius 1 is 1.33 bits per heavy atom. The average Bonchev–Trinajstić information content (AvgIpc) is 2.14. The van der Waals surface area contributed by atoms with Crippen molar-refractivity contribution < 1.29 is 0 Å². The van der Waals surface area contributed by atoms with Gasteiger partial charge in [0.15, 0.2) is 0 Å². The van der Waals surface area contributed by atoms with E-state index in [9.17, 15) is 0 Å². The van der Waals surface area contributed by atoms with E-state index in [0.29, 0.717) is 0 Å². The summed E-state index contributed by atoms with van der Waals surface area (Å²) < 4.78 is 0. The van der Waals surface area contributed by atoms with Crippen molar-refractivity contribution in [1.82, 2.24) is 5.32 Å². The van der Waals surface area contributed by atoms with E-state index < -0.39 is 0 Å². The quantitative estimate of drug-likeness (QED) is 0.566. The highest BCUT2D eigenvalue weighted by Gasteiger charge is 2.21. The summed E-state index contributed by atoms with van der Waals surface area (Å²) in [4.78, 5) is 0. The molecule has 0 aromatic carbocycles. The second-order valence-corrected chi connectivity index (χ2v) is 3.50. The summed E-state index contributed by atoms with van der Waals surface area (Å²) >= 11 is 0. The fraction of sp³-hybridized carbons (Fsp3) is 1.00. The van der Waals surface area contributed by atoms with Crippen molar-refractivity contribution >= 4 is 0 Å². The summed E-state index contributed by atoms with van der Waals surface area (Å²) in [6.45, 7) is 6.84. The van der Waals surface area contributed by atoms with Gasteiger partial charge in [0.1, 0.15) is 0 Å². The molecule has 2 atom stereocenters. The van der Waals surface area contributed by atoms with Gasteiger partial charge in [-0.1, -0.05) is 13.8 Å². The number of nitrogens with one attached hydrogen (secondary N) is 1. The van der Waals surface area contributed by atoms with E-state index in [-0.39, 0.29) is 0 Å². The van der Waals surface area contributed by atoms with Gasteiger partial charge in [-0.3, -0.25) is 0 Å². The van der Waals surface area contributed by atoms with Crippen molar-refractivity contribution in [1.29, 1.82) is 0 Å². The van der Waals surface area contributed by atoms with Gasteiger partial charge in [-0.25, -0.2) is 0 Å². The lowest BCUT2D eigenvalue weighted by molar-refractivity contribution is 0.436. The molecule has 0 radical (unpaired) electrons. The molecule has 1 aliphatic rings. The van der Waals surface area contributed by atoms with Crippen molar-refractivity contribution in [2.75, 3.05) is 0 Å². The minimum atomic E-state index is 0.761. The molecule has 1 aliphatic heterocycles. The summed E-state index contributed by atoms with van der Waals surface area (Å²) in [6, 6.07) is 1.55. The molecule has 0 amide bonds. The maximum absolute atomic E-state index is 3.55. The fourth-order valence-electron chi connectivity index (χ4n) is 1.49. The van der Waals surface area contributed by atoms with Gasteiger partial charge in [0.05, 0.1) is 0 Å². The van der Waals surface area contributed by atoms with Gasteiger partial charge in [-0.2, -0.15) is 0 Å². The minimum absolute atomic E-state index is 0.761. The monoisotopic (exact) mass is 127 g/mol. The Morgan fingerprint density at radius 3 is 2.22 bits per heavy atom. The molecular weight excluding hydrogens is 110 g/mol. The first kappa shape index (κ1) is 7.07. The largest absolute Gasteiger partial charge is 0.311 e. The van der Waals surface area contributed by atoms with Crippen molar-refractivity contribution in [3.63, 3.8) is 0 Å². The molecule has 0 unspecified atom stereocenters. The van der Waals surface area contributed by atoms with Crippen LogP contribution in [0.3, 0.4) is 0 Å². The van der Waals surface area contributed by atoms with Gasteiger partial charge in [-0.05, 0) is 25.7 Å². The first-order chi connectivity index (χ1) is 4.20. The van der Waals surface area contributed by atoms with Gasteiger partial charge >= 0.3 is 0 Å². The molecule has 1 nitrogen and oxygen atoms in total. The predicted molar refractivity (Wildman–Crippen MR) is 40.5 cm³/mol. The van der Waals surface area contributed by atoms with Crippen LogP contribution in [0, 0.1) is 5.92 Å². The van der Waals surface area contributed by atoms with Crippen LogP contribution in [0.4, 0.5) is 0 Å². The van der Waals surface area contributed by atoms with Crippen LogP contribution >= 0.6 is 0 Å². The molecule has 0 aliphatic carbocycles. The zero-order chi connectivity index (χ0) is 6.85. The van der Waals surface area contributed by atoms with Gasteiger partial charge in [-0.15, -0.1) is 0 Å². The van der Waals surface area contributed by atoms with Crippen LogP contribution in [0.25, 0.3) is 0 Å². The van der Waals surface area contributed by atoms with Crippen molar-refractivity contribution in [3.8, 4) is 0 Å². The number of hydrogen-bond donors (Lipinski definition) is 1. The molecule has 1 fully saturated rings. The average molecular weight is 127 g/mol. The second-order valence-electron chi connectivity index (χ2n) is 3.50. The second kappa shape index (κ2) is 2.70. The number of rotatable bonds is 1. The third-order valence-corrected chi connectivity index (χ3v) is 2.21. The summed E-state index contributed by atoms with van der Waals surface area (Å²) in [5, 5.41) is 3.55. The molecule has 0 aromatic rings. The molecule has 9 heavy (non-hydrogen) atoms. The van der Waals surface area contributed by atoms with E-state index in [1.165, 1.54) is 12.8 Å². The van der Waals surface area contributed by atoms with E-state index >= 15 is 0 Å². The Labute approximate surface area is 57.8 Å². The molecule has 0 spiro atoms. The maximum atomic E-state index is 3.55. The zero-order valence-corrected chi connectivity index (χ0v) is 6.65. The van der Waals surface area contributed by atoms with E-state index in [0.717, 1.165) is 18.0 Å². The lowest BCUT2D eigenvalue weighted by Crippen LogP contribution is -2.31. The lowest BCUT2D eigenvalue weighted by atomic mass is 10.0. The third-order valence-electron chi connectivity index (χ3n) is 2.21. The normalized spacial score (nSPS) is 36.0. The minimum Gasteiger partial charge on any atom is -0.311 e. The topological polar surface area (TPSA) is 12.0 Å². The first-order valence-electron chi connectivity index (χ1n) is 3.96. The van der Waals surface area contributed by atoms with Gasteiger partial charge in [0, 0.05) is 12.1 Å². The first-order valence-corrected chi connectivity index (χ1v) is 3.96. The highest BCUT2D eigenvalue weighted by molar-refractivity contribution is 4.82. The van der Waals surface area contributed by atoms with Crippen LogP contribution in [0.2, 0.25) is 0 Å². The smallest absolute Gasteiger partial charge is 0.00931 e. The maximum Gasteiger partial charge on any atom is 0.00931 e. The van der Waals surface area contributed by atoms with Crippen LogP contribution in [0.15, 0.2) is 0 Å². The van der Waals surface area contributed by atoms with Crippen molar-refractivity contribution in [3.05, 3.63) is 0 Å². The summed E-state index contributed by atoms with van der Waals surface area (Å²) in [5.74, 6) is 0.815. The number of hydrogen-bond acceptors (Lipinski definition) is 1. The molecule has 1 heteroatoms. The highest BCUT2D eigenvalue weighted by atomic mass is 15.0. The molecule has 1 rings (SSSR count). The highest BCUT2D eigenvalue weighted by Crippen LogP contribution is 2.17. The van der Waals surface area contributed by atoms with Crippen molar-refractivity contribution in [2.24, 2.45) is 5.92 Å². The molecule has 54 valence electrons. The molecule has 1 heterocycles. The summed E-state index contributed by atoms with van der Waals surface area (Å²) in [6.07, 6.45) is 2.74. The van der Waals surface area contributed by atoms with Gasteiger partial charge in [0.25, 0.3) is 0 Å². The molecule has 1 N–H and O–H groups in total. The van der Waals surface area contributed by atoms with Crippen LogP contribution in [-0.2, 0) is 0 Å². The van der Waals surface area contributed by atoms with Crippen molar-refractivity contribution in [2.45, 2.75) is 45.7 Å². The van der Waals surface area contributed by atoms with Crippen LogP contribution in [-0.4, -0.2) is 12.1 Å². The Balaban J connectivity index is 2.30. The Bertz CT molecular complexity index is 88.6. The van der Waals surface area contributed by atoms with E-state index in [2.05, 4.69) is 26.1 Å². The van der Waals surface area contributed by atoms with E-state index in [1.54, 1.807) is 0 Å². The van der Waals surface area contributed by atoms with Crippen LogP contribution < -0.4 is 5.32 Å². The van der Waals surface area contributed by atoms with Gasteiger partial charge < -0.3 is 5.32 Å². The molecule has 0 bridgehead atoms. The molecule has 0 aromatic heterocycles. The summed E-state index contributed by atoms with van der Waals surface area (Å²) in [5.41, 5.74) is 0. The van der Waals surface area contributed by atoms with E-state index in [1.807, 2.05) is 0 Å². The fourth-order valence-corrected chi connectivity index (χ4v) is 1.49. The molecule has 0 saturated carbocycles. The third kappa shape index (κ3) is 1.68. The SMILES string of the molecule is CC(C)[C@@H]1CC[C@@H](C)N1. The standard InChI is InChI=1S/C8H17N/c1-6(2)8-5-4-7(3)9-8/h6-9H,4-5H2,1-3H3/t7-,8+/m1/s1. The van der Waals surface area contributed by atoms with Gasteiger partial charge in [0.2, 0.25) is 0 Å².